The summed E-state index contributed by atoms with van der Waals surface area (Å²) >= 11 is 1.42. The number of nitrogens with zero attached hydrogens (tertiary/aromatic N) is 2. The minimum absolute atomic E-state index is 0.0891. The molecule has 6 nitrogen and oxygen atoms in total. The normalized spacial score (nSPS) is 9.77. The lowest BCUT2D eigenvalue weighted by molar-refractivity contribution is -0.384. The van der Waals surface area contributed by atoms with Crippen LogP contribution in [0.15, 0.2) is 58.3 Å². The number of nitro benzene ring substituents is 1. The third-order valence-electron chi connectivity index (χ3n) is 2.66. The summed E-state index contributed by atoms with van der Waals surface area (Å²) in [7, 11) is 0. The average molecular weight is 313 g/mol. The topological polar surface area (TPSA) is 96.0 Å². The Bertz CT molecular complexity index is 741. The Hall–Kier alpha value is -2.85. The Morgan fingerprint density at radius 1 is 1.23 bits per heavy atom. The maximum Gasteiger partial charge on any atom is 0.292 e. The third kappa shape index (κ3) is 4.07. The Morgan fingerprint density at radius 2 is 1.95 bits per heavy atom. The van der Waals surface area contributed by atoms with E-state index in [4.69, 9.17) is 5.26 Å². The highest BCUT2D eigenvalue weighted by Gasteiger charge is 2.16. The van der Waals surface area contributed by atoms with E-state index in [1.165, 1.54) is 23.9 Å². The van der Waals surface area contributed by atoms with Crippen LogP contribution in [0.4, 0.5) is 11.4 Å². The molecule has 0 saturated carbocycles. The Balaban J connectivity index is 2.28. The first-order valence-electron chi connectivity index (χ1n) is 6.28. The Morgan fingerprint density at radius 3 is 2.59 bits per heavy atom. The van der Waals surface area contributed by atoms with Crippen LogP contribution in [0.3, 0.4) is 0 Å². The maximum absolute atomic E-state index is 11.5. The minimum atomic E-state index is -0.576. The first-order valence-corrected chi connectivity index (χ1v) is 7.10. The summed E-state index contributed by atoms with van der Waals surface area (Å²) in [6.45, 7) is 0. The molecular formula is C15H11N3O3S. The van der Waals surface area contributed by atoms with Crippen LogP contribution in [0.1, 0.15) is 6.42 Å². The second kappa shape index (κ2) is 7.24. The molecular weight excluding hydrogens is 302 g/mol. The van der Waals surface area contributed by atoms with Gasteiger partial charge in [-0.15, -0.1) is 0 Å². The molecule has 2 rings (SSSR count). The number of amides is 1. The number of hydrogen-bond donors (Lipinski definition) is 1. The summed E-state index contributed by atoms with van der Waals surface area (Å²) in [5.74, 6) is -0.576. The average Bonchev–Trinajstić information content (AvgIpc) is 2.48. The molecule has 7 heteroatoms. The summed E-state index contributed by atoms with van der Waals surface area (Å²) in [6, 6.07) is 15.7. The van der Waals surface area contributed by atoms with Crippen molar-refractivity contribution in [3.63, 3.8) is 0 Å². The fraction of sp³-hybridized carbons (Fsp3) is 0.0667. The standard InChI is InChI=1S/C15H11N3O3S/c16-9-8-15(19)17-13-10-12(6-7-14(13)18(20)21)22-11-4-2-1-3-5-11/h1-7,10H,8H2,(H,17,19). The van der Waals surface area contributed by atoms with Crippen LogP contribution in [0, 0.1) is 21.4 Å². The molecule has 22 heavy (non-hydrogen) atoms. The van der Waals surface area contributed by atoms with Crippen LogP contribution in [0.25, 0.3) is 0 Å². The molecule has 110 valence electrons. The molecule has 1 amide bonds. The summed E-state index contributed by atoms with van der Waals surface area (Å²) < 4.78 is 0. The zero-order chi connectivity index (χ0) is 15.9. The second-order valence-electron chi connectivity index (χ2n) is 4.23. The number of hydrogen-bond acceptors (Lipinski definition) is 5. The van der Waals surface area contributed by atoms with E-state index in [0.29, 0.717) is 0 Å². The Kier molecular flexibility index (Phi) is 5.11. The first-order chi connectivity index (χ1) is 10.6. The molecule has 0 radical (unpaired) electrons. The number of carbonyl (C=O) groups excluding carboxylic acids is 1. The van der Waals surface area contributed by atoms with Gasteiger partial charge in [0, 0.05) is 15.9 Å². The molecule has 0 aliphatic carbocycles. The van der Waals surface area contributed by atoms with Crippen molar-refractivity contribution in [2.75, 3.05) is 5.32 Å². The van der Waals surface area contributed by atoms with Crippen LogP contribution >= 0.6 is 11.8 Å². The molecule has 0 fully saturated rings. The summed E-state index contributed by atoms with van der Waals surface area (Å²) in [4.78, 5) is 23.7. The van der Waals surface area contributed by atoms with Crippen LogP contribution in [-0.4, -0.2) is 10.8 Å². The number of anilines is 1. The van der Waals surface area contributed by atoms with E-state index in [1.54, 1.807) is 12.1 Å². The summed E-state index contributed by atoms with van der Waals surface area (Å²) in [5, 5.41) is 21.9. The van der Waals surface area contributed by atoms with E-state index in [9.17, 15) is 14.9 Å². The van der Waals surface area contributed by atoms with Gasteiger partial charge in [-0.05, 0) is 24.3 Å². The third-order valence-corrected chi connectivity index (χ3v) is 3.65. The Labute approximate surface area is 130 Å². The van der Waals surface area contributed by atoms with Gasteiger partial charge in [0.2, 0.25) is 5.91 Å². The van der Waals surface area contributed by atoms with Crippen LogP contribution < -0.4 is 5.32 Å². The molecule has 0 bridgehead atoms. The highest BCUT2D eigenvalue weighted by atomic mass is 32.2. The lowest BCUT2D eigenvalue weighted by Gasteiger charge is -2.07. The highest BCUT2D eigenvalue weighted by molar-refractivity contribution is 7.99. The molecule has 0 heterocycles. The number of nitro groups is 1. The summed E-state index contributed by atoms with van der Waals surface area (Å²) in [5.41, 5.74) is -0.116. The van der Waals surface area contributed by atoms with Crippen molar-refractivity contribution in [3.8, 4) is 6.07 Å². The van der Waals surface area contributed by atoms with Crippen LogP contribution in [0.5, 0.6) is 0 Å². The van der Waals surface area contributed by atoms with E-state index >= 15 is 0 Å². The van der Waals surface area contributed by atoms with Crippen LogP contribution in [-0.2, 0) is 4.79 Å². The molecule has 0 unspecified atom stereocenters. The first kappa shape index (κ1) is 15.5. The largest absolute Gasteiger partial charge is 0.319 e. The van der Waals surface area contributed by atoms with Gasteiger partial charge in [-0.2, -0.15) is 5.26 Å². The van der Waals surface area contributed by atoms with E-state index in [0.717, 1.165) is 9.79 Å². The maximum atomic E-state index is 11.5. The fourth-order valence-corrected chi connectivity index (χ4v) is 2.61. The van der Waals surface area contributed by atoms with Crippen molar-refractivity contribution >= 4 is 29.0 Å². The molecule has 0 atom stereocenters. The molecule has 2 aromatic rings. The number of nitriles is 1. The van der Waals surface area contributed by atoms with Gasteiger partial charge in [-0.25, -0.2) is 0 Å². The zero-order valence-corrected chi connectivity index (χ0v) is 12.2. The monoisotopic (exact) mass is 313 g/mol. The zero-order valence-electron chi connectivity index (χ0n) is 11.4. The SMILES string of the molecule is N#CCC(=O)Nc1cc(Sc2ccccc2)ccc1[N+](=O)[O-]. The van der Waals surface area contributed by atoms with Crippen LogP contribution in [0.2, 0.25) is 0 Å². The molecule has 0 aliphatic rings. The number of rotatable bonds is 5. The van der Waals surface area contributed by atoms with E-state index < -0.39 is 10.8 Å². The molecule has 2 aromatic carbocycles. The molecule has 1 N–H and O–H groups in total. The number of carbonyl (C=O) groups is 1. The quantitative estimate of drug-likeness (QED) is 0.672. The van der Waals surface area contributed by atoms with Crippen molar-refractivity contribution in [1.82, 2.24) is 0 Å². The lowest BCUT2D eigenvalue weighted by atomic mass is 10.2. The van der Waals surface area contributed by atoms with Gasteiger partial charge in [-0.1, -0.05) is 30.0 Å². The van der Waals surface area contributed by atoms with Crippen molar-refractivity contribution in [1.29, 1.82) is 5.26 Å². The predicted octanol–water partition coefficient (Wildman–Crippen LogP) is 3.60. The van der Waals surface area contributed by atoms with Crippen molar-refractivity contribution in [2.24, 2.45) is 0 Å². The lowest BCUT2D eigenvalue weighted by Crippen LogP contribution is -2.11. The van der Waals surface area contributed by atoms with Gasteiger partial charge in [-0.3, -0.25) is 14.9 Å². The van der Waals surface area contributed by atoms with Crippen molar-refractivity contribution in [3.05, 3.63) is 58.6 Å². The van der Waals surface area contributed by atoms with E-state index in [-0.39, 0.29) is 17.8 Å². The predicted molar refractivity (Wildman–Crippen MR) is 82.5 cm³/mol. The van der Waals surface area contributed by atoms with Crippen molar-refractivity contribution < 1.29 is 9.72 Å². The smallest absolute Gasteiger partial charge is 0.292 e. The van der Waals surface area contributed by atoms with E-state index in [2.05, 4.69) is 5.32 Å². The molecule has 0 saturated heterocycles. The molecule has 0 aliphatic heterocycles. The molecule has 0 spiro atoms. The van der Waals surface area contributed by atoms with E-state index in [1.807, 2.05) is 30.3 Å². The molecule has 0 aromatic heterocycles. The van der Waals surface area contributed by atoms with Gasteiger partial charge in [0.15, 0.2) is 0 Å². The van der Waals surface area contributed by atoms with Crippen molar-refractivity contribution in [2.45, 2.75) is 16.2 Å². The number of benzene rings is 2. The summed E-state index contributed by atoms with van der Waals surface area (Å²) in [6.07, 6.45) is -0.354. The van der Waals surface area contributed by atoms with Gasteiger partial charge >= 0.3 is 0 Å². The van der Waals surface area contributed by atoms with Gasteiger partial charge in [0.25, 0.3) is 5.69 Å². The van der Waals surface area contributed by atoms with Gasteiger partial charge < -0.3 is 5.32 Å². The van der Waals surface area contributed by atoms with Gasteiger partial charge in [0.05, 0.1) is 11.0 Å². The van der Waals surface area contributed by atoms with Gasteiger partial charge in [0.1, 0.15) is 12.1 Å². The second-order valence-corrected chi connectivity index (χ2v) is 5.38. The minimum Gasteiger partial charge on any atom is -0.319 e. The fourth-order valence-electron chi connectivity index (χ4n) is 1.73. The number of nitrogens with one attached hydrogen (secondary N) is 1. The highest BCUT2D eigenvalue weighted by Crippen LogP contribution is 2.33.